The van der Waals surface area contributed by atoms with Gasteiger partial charge in [-0.1, -0.05) is 42.5 Å². The molecule has 2 aliphatic carbocycles. The number of carbonyl (C=O) groups excluding carboxylic acids is 1. The molecule has 1 amide bonds. The quantitative estimate of drug-likeness (QED) is 0.511. The van der Waals surface area contributed by atoms with Crippen LogP contribution in [0.4, 0.5) is 0 Å². The Labute approximate surface area is 130 Å². The minimum Gasteiger partial charge on any atom is -0.423 e. The predicted octanol–water partition coefficient (Wildman–Crippen LogP) is -0.398. The Hall–Kier alpha value is -1.95. The molecule has 4 nitrogen and oxygen atoms in total. The molecule has 112 valence electrons. The van der Waals surface area contributed by atoms with Crippen LogP contribution in [0.3, 0.4) is 0 Å². The third kappa shape index (κ3) is 3.44. The van der Waals surface area contributed by atoms with Crippen molar-refractivity contribution in [2.24, 2.45) is 11.8 Å². The number of fused-ring (bicyclic) bond motifs is 1. The Balaban J connectivity index is 1.58. The summed E-state index contributed by atoms with van der Waals surface area (Å²) in [7, 11) is -1.54. The number of allylic oxidation sites excluding steroid dienone is 3. The highest BCUT2D eigenvalue weighted by Crippen LogP contribution is 2.46. The average molecular weight is 296 g/mol. The van der Waals surface area contributed by atoms with E-state index in [0.29, 0.717) is 29.4 Å². The minimum atomic E-state index is -1.54. The molecule has 2 unspecified atom stereocenters. The molecule has 0 aromatic heterocycles. The van der Waals surface area contributed by atoms with Crippen LogP contribution >= 0.6 is 0 Å². The average Bonchev–Trinajstić information content (AvgIpc) is 3.31. The first-order valence-electron chi connectivity index (χ1n) is 7.52. The largest absolute Gasteiger partial charge is 0.489 e. The number of quaternary nitrogens is 1. The van der Waals surface area contributed by atoms with E-state index in [-0.39, 0.29) is 5.91 Å². The fourth-order valence-corrected chi connectivity index (χ4v) is 2.87. The Morgan fingerprint density at radius 2 is 2.18 bits per heavy atom. The van der Waals surface area contributed by atoms with E-state index in [1.165, 1.54) is 18.1 Å². The first-order valence-corrected chi connectivity index (χ1v) is 7.52. The Bertz CT molecular complexity index is 664. The molecule has 0 radical (unpaired) electrons. The summed E-state index contributed by atoms with van der Waals surface area (Å²) in [6.45, 7) is 0.693. The molecule has 1 aromatic rings. The lowest BCUT2D eigenvalue weighted by atomic mass is 9.77. The molecule has 0 heterocycles. The number of hydrogen-bond acceptors (Lipinski definition) is 3. The number of hydrogen-bond donors (Lipinski definition) is 3. The summed E-state index contributed by atoms with van der Waals surface area (Å²) in [5.74, 6) is 1.27. The van der Waals surface area contributed by atoms with Gasteiger partial charge in [-0.25, -0.2) is 4.79 Å². The highest BCUT2D eigenvalue weighted by atomic mass is 16.4. The maximum Gasteiger partial charge on any atom is 0.489 e. The number of benzene rings is 1. The molecule has 1 saturated carbocycles. The van der Waals surface area contributed by atoms with Crippen LogP contribution in [-0.4, -0.2) is 29.6 Å². The molecule has 1 fully saturated rings. The van der Waals surface area contributed by atoms with Crippen molar-refractivity contribution in [3.63, 3.8) is 0 Å². The van der Waals surface area contributed by atoms with E-state index < -0.39 is 7.12 Å². The molecule has 1 aromatic carbocycles. The van der Waals surface area contributed by atoms with E-state index in [1.54, 1.807) is 35.7 Å². The van der Waals surface area contributed by atoms with Gasteiger partial charge in [-0.3, -0.25) is 5.32 Å². The molecule has 0 saturated heterocycles. The number of carbonyl (C=O) groups is 1. The van der Waals surface area contributed by atoms with Gasteiger partial charge in [0.25, 0.3) is 0 Å². The molecule has 0 aliphatic heterocycles. The lowest BCUT2D eigenvalue weighted by Gasteiger charge is -2.06. The van der Waals surface area contributed by atoms with Gasteiger partial charge in [-0.05, 0) is 40.9 Å². The predicted molar refractivity (Wildman–Crippen MR) is 85.9 cm³/mol. The monoisotopic (exact) mass is 296 g/mol. The SMILES string of the molecule is O=C(C=Cc1ccccc1B(O)O)[NH2+]CC1=CC=CC2CC12. The first-order chi connectivity index (χ1) is 10.6. The van der Waals surface area contributed by atoms with Crippen molar-refractivity contribution >= 4 is 24.6 Å². The molecular weight excluding hydrogens is 277 g/mol. The van der Waals surface area contributed by atoms with Gasteiger partial charge < -0.3 is 10.0 Å². The number of rotatable bonds is 5. The van der Waals surface area contributed by atoms with E-state index in [4.69, 9.17) is 0 Å². The van der Waals surface area contributed by atoms with Crippen LogP contribution in [0.25, 0.3) is 6.08 Å². The van der Waals surface area contributed by atoms with Gasteiger partial charge in [0.15, 0.2) is 0 Å². The Morgan fingerprint density at radius 1 is 1.36 bits per heavy atom. The zero-order valence-corrected chi connectivity index (χ0v) is 12.2. The van der Waals surface area contributed by atoms with E-state index in [2.05, 4.69) is 18.2 Å². The fraction of sp³-hybridized carbons (Fsp3) is 0.235. The van der Waals surface area contributed by atoms with E-state index in [0.717, 1.165) is 0 Å². The standard InChI is InChI=1S/C17H18BNO3/c20-17(19-11-14-6-3-5-13-10-15(13)14)9-8-12-4-1-2-7-16(12)18(21)22/h1-9,13,15,21-22H,10-11H2,(H,19,20)/p+1. The van der Waals surface area contributed by atoms with E-state index in [9.17, 15) is 14.8 Å². The number of amides is 1. The van der Waals surface area contributed by atoms with Gasteiger partial charge in [0.05, 0.1) is 0 Å². The first kappa shape index (κ1) is 15.0. The van der Waals surface area contributed by atoms with E-state index in [1.807, 2.05) is 0 Å². The highest BCUT2D eigenvalue weighted by Gasteiger charge is 2.39. The second-order valence-electron chi connectivity index (χ2n) is 5.78. The lowest BCUT2D eigenvalue weighted by Crippen LogP contribution is -2.88. The number of primary amides is 1. The minimum absolute atomic E-state index is 0.0603. The second-order valence-corrected chi connectivity index (χ2v) is 5.78. The maximum atomic E-state index is 11.9. The molecule has 2 atom stereocenters. The third-order valence-electron chi connectivity index (χ3n) is 4.22. The van der Waals surface area contributed by atoms with Gasteiger partial charge >= 0.3 is 13.0 Å². The van der Waals surface area contributed by atoms with Crippen LogP contribution in [0.1, 0.15) is 12.0 Å². The molecule has 3 rings (SSSR count). The van der Waals surface area contributed by atoms with Crippen LogP contribution in [0.15, 0.2) is 54.1 Å². The summed E-state index contributed by atoms with van der Waals surface area (Å²) >= 11 is 0. The van der Waals surface area contributed by atoms with Crippen LogP contribution in [0.2, 0.25) is 0 Å². The topological polar surface area (TPSA) is 74.1 Å². The second kappa shape index (κ2) is 6.44. The summed E-state index contributed by atoms with van der Waals surface area (Å²) in [5.41, 5.74) is 2.37. The van der Waals surface area contributed by atoms with Gasteiger partial charge in [0.2, 0.25) is 0 Å². The van der Waals surface area contributed by atoms with E-state index >= 15 is 0 Å². The van der Waals surface area contributed by atoms with Crippen molar-refractivity contribution in [1.29, 1.82) is 0 Å². The van der Waals surface area contributed by atoms with Crippen molar-refractivity contribution in [3.05, 3.63) is 59.7 Å². The Kier molecular flexibility index (Phi) is 4.38. The maximum absolute atomic E-state index is 11.9. The van der Waals surface area contributed by atoms with Crippen molar-refractivity contribution in [3.8, 4) is 0 Å². The van der Waals surface area contributed by atoms with Crippen LogP contribution < -0.4 is 10.8 Å². The molecular formula is C17H19BNO3+. The molecule has 0 bridgehead atoms. The number of nitrogens with two attached hydrogens (primary N) is 1. The normalized spacial score (nSPS) is 22.4. The van der Waals surface area contributed by atoms with Crippen molar-refractivity contribution < 1.29 is 20.2 Å². The smallest absolute Gasteiger partial charge is 0.423 e. The van der Waals surface area contributed by atoms with Crippen LogP contribution in [0.5, 0.6) is 0 Å². The van der Waals surface area contributed by atoms with Crippen molar-refractivity contribution in [2.75, 3.05) is 6.54 Å². The summed E-state index contributed by atoms with van der Waals surface area (Å²) in [5, 5.41) is 20.3. The highest BCUT2D eigenvalue weighted by molar-refractivity contribution is 6.59. The summed E-state index contributed by atoms with van der Waals surface area (Å²) < 4.78 is 0. The zero-order chi connectivity index (χ0) is 15.5. The molecule has 4 N–H and O–H groups in total. The van der Waals surface area contributed by atoms with Gasteiger partial charge in [-0.15, -0.1) is 0 Å². The van der Waals surface area contributed by atoms with Crippen molar-refractivity contribution in [1.82, 2.24) is 0 Å². The molecule has 22 heavy (non-hydrogen) atoms. The molecule has 5 heteroatoms. The van der Waals surface area contributed by atoms with Crippen LogP contribution in [0, 0.1) is 11.8 Å². The summed E-state index contributed by atoms with van der Waals surface area (Å²) in [6, 6.07) is 6.91. The Morgan fingerprint density at radius 3 is 3.00 bits per heavy atom. The molecule has 2 aliphatic rings. The summed E-state index contributed by atoms with van der Waals surface area (Å²) in [4.78, 5) is 11.9. The third-order valence-corrected chi connectivity index (χ3v) is 4.22. The van der Waals surface area contributed by atoms with Crippen LogP contribution in [-0.2, 0) is 4.79 Å². The fourth-order valence-electron chi connectivity index (χ4n) is 2.87. The van der Waals surface area contributed by atoms with Gasteiger partial charge in [0, 0.05) is 6.08 Å². The summed E-state index contributed by atoms with van der Waals surface area (Å²) in [6.07, 6.45) is 10.7. The molecule has 0 spiro atoms. The van der Waals surface area contributed by atoms with Crippen molar-refractivity contribution in [2.45, 2.75) is 6.42 Å². The zero-order valence-electron chi connectivity index (χ0n) is 12.2. The van der Waals surface area contributed by atoms with Gasteiger partial charge in [-0.2, -0.15) is 0 Å². The van der Waals surface area contributed by atoms with Gasteiger partial charge in [0.1, 0.15) is 6.54 Å². The lowest BCUT2D eigenvalue weighted by molar-refractivity contribution is -0.556.